The number of hydrogen-bond acceptors (Lipinski definition) is 7. The third-order valence-electron chi connectivity index (χ3n) is 4.89. The molecule has 0 fully saturated rings. The van der Waals surface area contributed by atoms with Crippen LogP contribution in [0.2, 0.25) is 0 Å². The van der Waals surface area contributed by atoms with E-state index in [1.807, 2.05) is 30.3 Å². The second kappa shape index (κ2) is 6.83. The van der Waals surface area contributed by atoms with E-state index in [0.717, 1.165) is 70.4 Å². The van der Waals surface area contributed by atoms with Crippen LogP contribution in [-0.2, 0) is 6.42 Å². The highest BCUT2D eigenvalue weighted by molar-refractivity contribution is 5.95. The highest BCUT2D eigenvalue weighted by Crippen LogP contribution is 2.41. The predicted octanol–water partition coefficient (Wildman–Crippen LogP) is 3.25. The molecule has 2 aliphatic heterocycles. The van der Waals surface area contributed by atoms with E-state index in [0.29, 0.717) is 0 Å². The van der Waals surface area contributed by atoms with Crippen LogP contribution in [0.1, 0.15) is 12.2 Å². The second-order valence-electron chi connectivity index (χ2n) is 7.19. The fourth-order valence-electron chi connectivity index (χ4n) is 3.50. The summed E-state index contributed by atoms with van der Waals surface area (Å²) < 4.78 is 22.1. The lowest BCUT2D eigenvalue weighted by molar-refractivity contribution is 0.173. The molecule has 7 nitrogen and oxygen atoms in total. The van der Waals surface area contributed by atoms with Crippen molar-refractivity contribution in [3.8, 4) is 34.3 Å². The Hall–Kier alpha value is -3.06. The zero-order valence-electron chi connectivity index (χ0n) is 15.9. The van der Waals surface area contributed by atoms with E-state index in [1.54, 1.807) is 0 Å². The van der Waals surface area contributed by atoms with Crippen LogP contribution in [0.3, 0.4) is 0 Å². The van der Waals surface area contributed by atoms with E-state index in [4.69, 9.17) is 28.9 Å². The molecule has 0 radical (unpaired) electrons. The van der Waals surface area contributed by atoms with Crippen molar-refractivity contribution in [2.45, 2.75) is 12.8 Å². The summed E-state index contributed by atoms with van der Waals surface area (Å²) in [4.78, 5) is 11.8. The predicted molar refractivity (Wildman–Crippen MR) is 104 cm³/mol. The Morgan fingerprint density at radius 3 is 2.36 bits per heavy atom. The number of aromatic nitrogens is 2. The Morgan fingerprint density at radius 2 is 1.57 bits per heavy atom. The van der Waals surface area contributed by atoms with E-state index in [-0.39, 0.29) is 13.6 Å². The van der Waals surface area contributed by atoms with Gasteiger partial charge in [-0.3, -0.25) is 0 Å². The van der Waals surface area contributed by atoms with Crippen LogP contribution in [0.5, 0.6) is 23.0 Å². The average Bonchev–Trinajstić information content (AvgIpc) is 3.33. The van der Waals surface area contributed by atoms with E-state index < -0.39 is 0 Å². The molecule has 0 saturated carbocycles. The summed E-state index contributed by atoms with van der Waals surface area (Å²) in [6.45, 7) is 1.47. The first-order valence-corrected chi connectivity index (χ1v) is 9.32. The summed E-state index contributed by atoms with van der Waals surface area (Å²) in [5, 5.41) is 0.930. The van der Waals surface area contributed by atoms with Crippen molar-refractivity contribution in [1.82, 2.24) is 14.9 Å². The summed E-state index contributed by atoms with van der Waals surface area (Å²) in [6.07, 6.45) is 1.80. The molecule has 0 aliphatic carbocycles. The van der Waals surface area contributed by atoms with E-state index >= 15 is 0 Å². The zero-order valence-corrected chi connectivity index (χ0v) is 15.9. The molecule has 0 amide bonds. The van der Waals surface area contributed by atoms with Crippen molar-refractivity contribution < 1.29 is 18.9 Å². The minimum Gasteiger partial charge on any atom is -0.454 e. The van der Waals surface area contributed by atoms with Gasteiger partial charge >= 0.3 is 0 Å². The van der Waals surface area contributed by atoms with Crippen molar-refractivity contribution in [3.05, 3.63) is 36.2 Å². The minimum atomic E-state index is 0.230. The van der Waals surface area contributed by atoms with Gasteiger partial charge in [0.2, 0.25) is 13.6 Å². The van der Waals surface area contributed by atoms with Crippen molar-refractivity contribution in [2.75, 3.05) is 34.2 Å². The van der Waals surface area contributed by atoms with Gasteiger partial charge in [0.1, 0.15) is 5.82 Å². The molecule has 0 N–H and O–H groups in total. The van der Waals surface area contributed by atoms with Crippen molar-refractivity contribution in [3.63, 3.8) is 0 Å². The van der Waals surface area contributed by atoms with Crippen molar-refractivity contribution in [1.29, 1.82) is 0 Å². The normalized spacial score (nSPS) is 14.2. The van der Waals surface area contributed by atoms with Gasteiger partial charge in [0, 0.05) is 23.4 Å². The maximum atomic E-state index is 5.56. The van der Waals surface area contributed by atoms with Crippen LogP contribution in [-0.4, -0.2) is 49.1 Å². The Bertz CT molecular complexity index is 1050. The maximum absolute atomic E-state index is 5.56. The summed E-state index contributed by atoms with van der Waals surface area (Å²) in [5.41, 5.74) is 2.68. The van der Waals surface area contributed by atoms with Gasteiger partial charge in [0.05, 0.1) is 11.2 Å². The summed E-state index contributed by atoms with van der Waals surface area (Å²) in [5.74, 6) is 3.76. The third-order valence-corrected chi connectivity index (χ3v) is 4.89. The fraction of sp³-hybridized carbons (Fsp3) is 0.333. The summed E-state index contributed by atoms with van der Waals surface area (Å²) >= 11 is 0. The lowest BCUT2D eigenvalue weighted by Gasteiger charge is -2.12. The number of benzene rings is 2. The van der Waals surface area contributed by atoms with Gasteiger partial charge in [-0.15, -0.1) is 0 Å². The topological polar surface area (TPSA) is 65.9 Å². The number of nitrogens with zero attached hydrogens (tertiary/aromatic N) is 3. The largest absolute Gasteiger partial charge is 0.454 e. The molecule has 2 aromatic carbocycles. The first kappa shape index (κ1) is 17.1. The quantitative estimate of drug-likeness (QED) is 0.674. The molecule has 0 saturated heterocycles. The van der Waals surface area contributed by atoms with Crippen LogP contribution in [0, 0.1) is 0 Å². The van der Waals surface area contributed by atoms with Crippen LogP contribution < -0.4 is 18.9 Å². The molecule has 0 unspecified atom stereocenters. The fourth-order valence-corrected chi connectivity index (χ4v) is 3.50. The van der Waals surface area contributed by atoms with Gasteiger partial charge in [0.25, 0.3) is 0 Å². The summed E-state index contributed by atoms with van der Waals surface area (Å²) in [6, 6.07) is 9.79. The Kier molecular flexibility index (Phi) is 4.16. The standard InChI is InChI=1S/C21H21N3O4/c1-24(2)7-3-4-20-22-15-10-19-18(27-12-28-19)9-14(15)21(23-20)13-5-6-16-17(8-13)26-11-25-16/h5-6,8-10H,3-4,7,11-12H2,1-2H3. The Labute approximate surface area is 162 Å². The molecule has 144 valence electrons. The van der Waals surface area contributed by atoms with Gasteiger partial charge in [-0.25, -0.2) is 9.97 Å². The number of fused-ring (bicyclic) bond motifs is 3. The van der Waals surface area contributed by atoms with E-state index in [2.05, 4.69) is 19.0 Å². The van der Waals surface area contributed by atoms with Crippen LogP contribution in [0.4, 0.5) is 0 Å². The van der Waals surface area contributed by atoms with E-state index in [1.165, 1.54) is 0 Å². The number of rotatable bonds is 5. The van der Waals surface area contributed by atoms with Gasteiger partial charge in [-0.1, -0.05) is 0 Å². The molecule has 0 bridgehead atoms. The summed E-state index contributed by atoms with van der Waals surface area (Å²) in [7, 11) is 4.14. The second-order valence-corrected chi connectivity index (χ2v) is 7.19. The Morgan fingerprint density at radius 1 is 0.857 bits per heavy atom. The lowest BCUT2D eigenvalue weighted by Crippen LogP contribution is -2.14. The van der Waals surface area contributed by atoms with Gasteiger partial charge in [-0.05, 0) is 51.3 Å². The highest BCUT2D eigenvalue weighted by atomic mass is 16.7. The van der Waals surface area contributed by atoms with Crippen LogP contribution >= 0.6 is 0 Å². The number of ether oxygens (including phenoxy) is 4. The minimum absolute atomic E-state index is 0.230. The Balaban J connectivity index is 1.62. The number of aryl methyl sites for hydroxylation is 1. The monoisotopic (exact) mass is 379 g/mol. The van der Waals surface area contributed by atoms with Gasteiger partial charge < -0.3 is 23.8 Å². The van der Waals surface area contributed by atoms with Gasteiger partial charge in [-0.2, -0.15) is 0 Å². The van der Waals surface area contributed by atoms with Crippen molar-refractivity contribution in [2.24, 2.45) is 0 Å². The molecule has 28 heavy (non-hydrogen) atoms. The zero-order chi connectivity index (χ0) is 19.1. The first-order chi connectivity index (χ1) is 13.7. The molecule has 5 rings (SSSR count). The third kappa shape index (κ3) is 3.07. The van der Waals surface area contributed by atoms with Gasteiger partial charge in [0.15, 0.2) is 23.0 Å². The molecule has 2 aliphatic rings. The first-order valence-electron chi connectivity index (χ1n) is 9.32. The highest BCUT2D eigenvalue weighted by Gasteiger charge is 2.20. The molecule has 1 aromatic heterocycles. The molecular formula is C21H21N3O4. The van der Waals surface area contributed by atoms with Crippen LogP contribution in [0.15, 0.2) is 30.3 Å². The lowest BCUT2D eigenvalue weighted by atomic mass is 10.0. The molecule has 0 atom stereocenters. The smallest absolute Gasteiger partial charge is 0.231 e. The average molecular weight is 379 g/mol. The van der Waals surface area contributed by atoms with Crippen LogP contribution in [0.25, 0.3) is 22.2 Å². The molecule has 7 heteroatoms. The number of hydrogen-bond donors (Lipinski definition) is 0. The molecule has 3 heterocycles. The SMILES string of the molecule is CN(C)CCCc1nc(-c2ccc3c(c2)OCO3)c2cc3c(cc2n1)OCO3. The molecular weight excluding hydrogens is 358 g/mol. The maximum Gasteiger partial charge on any atom is 0.231 e. The van der Waals surface area contributed by atoms with E-state index in [9.17, 15) is 0 Å². The molecule has 0 spiro atoms. The molecule has 3 aromatic rings. The van der Waals surface area contributed by atoms with Crippen molar-refractivity contribution >= 4 is 10.9 Å².